The van der Waals surface area contributed by atoms with Gasteiger partial charge in [0, 0.05) is 5.56 Å². The largest absolute Gasteiger partial charge is 0.490 e. The minimum absolute atomic E-state index is 0.149. The van der Waals surface area contributed by atoms with Crippen LogP contribution in [0.15, 0.2) is 55.1 Å². The van der Waals surface area contributed by atoms with E-state index in [2.05, 4.69) is 11.9 Å². The van der Waals surface area contributed by atoms with Gasteiger partial charge in [0.25, 0.3) is 5.91 Å². The normalized spacial score (nSPS) is 10.9. The van der Waals surface area contributed by atoms with Gasteiger partial charge >= 0.3 is 6.18 Å². The predicted octanol–water partition coefficient (Wildman–Crippen LogP) is 4.92. The van der Waals surface area contributed by atoms with E-state index in [1.165, 1.54) is 36.4 Å². The van der Waals surface area contributed by atoms with Crippen molar-refractivity contribution in [3.8, 4) is 11.5 Å². The Morgan fingerprint density at radius 2 is 1.88 bits per heavy atom. The Bertz CT molecular complexity index is 788. The molecule has 0 atom stereocenters. The molecule has 0 fully saturated rings. The number of ether oxygens (including phenoxy) is 2. The lowest BCUT2D eigenvalue weighted by Crippen LogP contribution is -2.16. The van der Waals surface area contributed by atoms with Crippen LogP contribution in [-0.4, -0.2) is 19.1 Å². The number of carbonyl (C=O) groups excluding carboxylic acids is 1. The lowest BCUT2D eigenvalue weighted by molar-refractivity contribution is -0.136. The molecule has 0 aromatic heterocycles. The zero-order valence-electron chi connectivity index (χ0n) is 14.1. The van der Waals surface area contributed by atoms with Crippen LogP contribution in [0.4, 0.5) is 18.9 Å². The molecule has 0 aliphatic heterocycles. The smallest absolute Gasteiger partial charge is 0.418 e. The van der Waals surface area contributed by atoms with Crippen LogP contribution in [0.5, 0.6) is 11.5 Å². The third-order valence-corrected chi connectivity index (χ3v) is 3.34. The summed E-state index contributed by atoms with van der Waals surface area (Å²) in [6, 6.07) is 9.19. The number of para-hydroxylation sites is 1. The van der Waals surface area contributed by atoms with E-state index in [4.69, 9.17) is 9.47 Å². The molecule has 0 spiro atoms. The molecule has 0 heterocycles. The maximum absolute atomic E-state index is 13.0. The van der Waals surface area contributed by atoms with Gasteiger partial charge in [0.2, 0.25) is 0 Å². The fraction of sp³-hybridized carbons (Fsp3) is 0.211. The van der Waals surface area contributed by atoms with Crippen molar-refractivity contribution in [2.75, 3.05) is 18.5 Å². The highest BCUT2D eigenvalue weighted by atomic mass is 19.4. The molecular formula is C19H18F3NO3. The topological polar surface area (TPSA) is 47.6 Å². The number of hydrogen-bond donors (Lipinski definition) is 1. The van der Waals surface area contributed by atoms with Crippen molar-refractivity contribution in [3.63, 3.8) is 0 Å². The highest BCUT2D eigenvalue weighted by Crippen LogP contribution is 2.35. The van der Waals surface area contributed by atoms with Crippen molar-refractivity contribution in [1.29, 1.82) is 0 Å². The van der Waals surface area contributed by atoms with Gasteiger partial charge in [-0.25, -0.2) is 0 Å². The fourth-order valence-corrected chi connectivity index (χ4v) is 2.22. The van der Waals surface area contributed by atoms with Gasteiger partial charge in [0.15, 0.2) is 11.5 Å². The number of benzene rings is 2. The lowest BCUT2D eigenvalue weighted by Gasteiger charge is -2.15. The molecule has 1 amide bonds. The highest BCUT2D eigenvalue weighted by Gasteiger charge is 2.33. The van der Waals surface area contributed by atoms with Crippen LogP contribution in [0.25, 0.3) is 0 Å². The van der Waals surface area contributed by atoms with Crippen LogP contribution in [0.3, 0.4) is 0 Å². The molecule has 0 unspecified atom stereocenters. The zero-order chi connectivity index (χ0) is 19.2. The lowest BCUT2D eigenvalue weighted by atomic mass is 10.1. The molecule has 2 rings (SSSR count). The molecule has 0 saturated heterocycles. The van der Waals surface area contributed by atoms with E-state index in [1.807, 2.05) is 0 Å². The minimum Gasteiger partial charge on any atom is -0.490 e. The highest BCUT2D eigenvalue weighted by molar-refractivity contribution is 6.05. The first-order valence-corrected chi connectivity index (χ1v) is 7.85. The van der Waals surface area contributed by atoms with E-state index in [0.717, 1.165) is 6.07 Å². The molecule has 4 nitrogen and oxygen atoms in total. The molecular weight excluding hydrogens is 347 g/mol. The standard InChI is InChI=1S/C19H18F3NO3/c1-3-11-26-16-10-9-13(12-17(16)25-4-2)18(24)23-15-8-6-5-7-14(15)19(20,21)22/h3,5-10,12H,1,4,11H2,2H3,(H,23,24). The Labute approximate surface area is 149 Å². The second-order valence-corrected chi connectivity index (χ2v) is 5.19. The second-order valence-electron chi connectivity index (χ2n) is 5.19. The maximum Gasteiger partial charge on any atom is 0.418 e. The van der Waals surface area contributed by atoms with E-state index >= 15 is 0 Å². The molecule has 2 aromatic rings. The van der Waals surface area contributed by atoms with Gasteiger partial charge < -0.3 is 14.8 Å². The van der Waals surface area contributed by atoms with Gasteiger partial charge in [-0.2, -0.15) is 13.2 Å². The van der Waals surface area contributed by atoms with Crippen LogP contribution >= 0.6 is 0 Å². The van der Waals surface area contributed by atoms with Crippen molar-refractivity contribution in [3.05, 3.63) is 66.2 Å². The SMILES string of the molecule is C=CCOc1ccc(C(=O)Nc2ccccc2C(F)(F)F)cc1OCC. The van der Waals surface area contributed by atoms with E-state index in [9.17, 15) is 18.0 Å². The number of carbonyl (C=O) groups is 1. The molecule has 0 aliphatic rings. The fourth-order valence-electron chi connectivity index (χ4n) is 2.22. The molecule has 138 valence electrons. The number of halogens is 3. The summed E-state index contributed by atoms with van der Waals surface area (Å²) in [5.41, 5.74) is -1.07. The summed E-state index contributed by atoms with van der Waals surface area (Å²) in [6.07, 6.45) is -3.01. The first-order valence-electron chi connectivity index (χ1n) is 7.85. The van der Waals surface area contributed by atoms with E-state index < -0.39 is 17.6 Å². The first kappa shape index (κ1) is 19.4. The Balaban J connectivity index is 2.28. The van der Waals surface area contributed by atoms with Gasteiger partial charge in [-0.15, -0.1) is 0 Å². The van der Waals surface area contributed by atoms with Gasteiger partial charge in [0.1, 0.15) is 6.61 Å². The van der Waals surface area contributed by atoms with E-state index in [1.54, 1.807) is 13.0 Å². The summed E-state index contributed by atoms with van der Waals surface area (Å²) >= 11 is 0. The van der Waals surface area contributed by atoms with Gasteiger partial charge in [-0.1, -0.05) is 24.8 Å². The van der Waals surface area contributed by atoms with Crippen LogP contribution < -0.4 is 14.8 Å². The maximum atomic E-state index is 13.0. The zero-order valence-corrected chi connectivity index (χ0v) is 14.1. The Morgan fingerprint density at radius 3 is 2.54 bits per heavy atom. The molecule has 1 N–H and O–H groups in total. The summed E-state index contributed by atoms with van der Waals surface area (Å²) in [6.45, 7) is 5.91. The third kappa shape index (κ3) is 4.78. The van der Waals surface area contributed by atoms with Crippen molar-refractivity contribution in [2.45, 2.75) is 13.1 Å². The molecule has 0 aliphatic carbocycles. The number of anilines is 1. The monoisotopic (exact) mass is 365 g/mol. The predicted molar refractivity (Wildman–Crippen MR) is 92.7 cm³/mol. The molecule has 0 saturated carbocycles. The van der Waals surface area contributed by atoms with Gasteiger partial charge in [0.05, 0.1) is 17.9 Å². The van der Waals surface area contributed by atoms with E-state index in [-0.39, 0.29) is 17.9 Å². The molecule has 0 bridgehead atoms. The van der Waals surface area contributed by atoms with Gasteiger partial charge in [-0.05, 0) is 37.3 Å². The minimum atomic E-state index is -4.57. The van der Waals surface area contributed by atoms with Crippen LogP contribution in [0.2, 0.25) is 0 Å². The summed E-state index contributed by atoms with van der Waals surface area (Å²) in [4.78, 5) is 12.4. The van der Waals surface area contributed by atoms with Crippen molar-refractivity contribution in [2.24, 2.45) is 0 Å². The quantitative estimate of drug-likeness (QED) is 0.709. The van der Waals surface area contributed by atoms with Crippen LogP contribution in [0.1, 0.15) is 22.8 Å². The first-order chi connectivity index (χ1) is 12.4. The van der Waals surface area contributed by atoms with Crippen molar-refractivity contribution >= 4 is 11.6 Å². The third-order valence-electron chi connectivity index (χ3n) is 3.34. The van der Waals surface area contributed by atoms with Crippen LogP contribution in [-0.2, 0) is 6.18 Å². The van der Waals surface area contributed by atoms with E-state index in [0.29, 0.717) is 18.1 Å². The van der Waals surface area contributed by atoms with Gasteiger partial charge in [-0.3, -0.25) is 4.79 Å². The number of hydrogen-bond acceptors (Lipinski definition) is 3. The van der Waals surface area contributed by atoms with Crippen molar-refractivity contribution in [1.82, 2.24) is 0 Å². The Kier molecular flexibility index (Phi) is 6.27. The average molecular weight is 365 g/mol. The summed E-state index contributed by atoms with van der Waals surface area (Å²) < 4.78 is 50.0. The summed E-state index contributed by atoms with van der Waals surface area (Å²) in [7, 11) is 0. The summed E-state index contributed by atoms with van der Waals surface area (Å²) in [5.74, 6) is 0.0584. The number of alkyl halides is 3. The molecule has 26 heavy (non-hydrogen) atoms. The molecule has 7 heteroatoms. The van der Waals surface area contributed by atoms with Crippen LogP contribution in [0, 0.1) is 0 Å². The number of amides is 1. The molecule has 0 radical (unpaired) electrons. The molecule has 2 aromatic carbocycles. The summed E-state index contributed by atoms with van der Waals surface area (Å²) in [5, 5.41) is 2.29. The van der Waals surface area contributed by atoms with Crippen molar-refractivity contribution < 1.29 is 27.4 Å². The average Bonchev–Trinajstić information content (AvgIpc) is 2.60. The Morgan fingerprint density at radius 1 is 1.15 bits per heavy atom. The Hall–Kier alpha value is -2.96. The number of rotatable bonds is 7. The second kappa shape index (κ2) is 8.42. The number of nitrogens with one attached hydrogen (secondary N) is 1.